The zero-order valence-corrected chi connectivity index (χ0v) is 18.9. The summed E-state index contributed by atoms with van der Waals surface area (Å²) in [7, 11) is 0. The number of carboxylic acids is 1. The van der Waals surface area contributed by atoms with E-state index in [0.29, 0.717) is 12.5 Å². The number of piperidine rings is 1. The number of phenolic OH excluding ortho intramolecular Hbond substituents is 1. The van der Waals surface area contributed by atoms with E-state index in [1.54, 1.807) is 12.1 Å². The molecule has 1 spiro atoms. The van der Waals surface area contributed by atoms with Crippen LogP contribution in [0.2, 0.25) is 0 Å². The lowest BCUT2D eigenvalue weighted by atomic mass is 9.76. The number of amides is 1. The number of likely N-dealkylation sites (tertiary alicyclic amines) is 1. The molecule has 3 fully saturated rings. The third-order valence-corrected chi connectivity index (χ3v) is 6.56. The maximum Gasteiger partial charge on any atom is 0.490 e. The van der Waals surface area contributed by atoms with Gasteiger partial charge in [0.15, 0.2) is 0 Å². The summed E-state index contributed by atoms with van der Waals surface area (Å²) in [6.07, 6.45) is -1.17. The van der Waals surface area contributed by atoms with Gasteiger partial charge in [0.05, 0.1) is 32.3 Å². The van der Waals surface area contributed by atoms with E-state index in [1.807, 2.05) is 17.0 Å². The second-order valence-corrected chi connectivity index (χ2v) is 9.08. The highest BCUT2D eigenvalue weighted by Crippen LogP contribution is 2.42. The molecule has 3 aliphatic rings. The highest BCUT2D eigenvalue weighted by molar-refractivity contribution is 5.79. The second kappa shape index (κ2) is 11.4. The van der Waals surface area contributed by atoms with E-state index in [2.05, 4.69) is 4.90 Å². The van der Waals surface area contributed by atoms with E-state index < -0.39 is 12.1 Å². The van der Waals surface area contributed by atoms with Gasteiger partial charge >= 0.3 is 12.1 Å². The maximum atomic E-state index is 12.6. The lowest BCUT2D eigenvalue weighted by Gasteiger charge is -2.38. The minimum absolute atomic E-state index is 0.180. The van der Waals surface area contributed by atoms with Crippen molar-refractivity contribution in [3.63, 3.8) is 0 Å². The number of aromatic hydroxyl groups is 1. The third-order valence-electron chi connectivity index (χ3n) is 6.56. The van der Waals surface area contributed by atoms with Crippen LogP contribution in [0, 0.1) is 5.41 Å². The number of morpholine rings is 1. The van der Waals surface area contributed by atoms with Gasteiger partial charge in [-0.05, 0) is 42.4 Å². The zero-order valence-electron chi connectivity index (χ0n) is 18.9. The molecule has 4 rings (SSSR count). The van der Waals surface area contributed by atoms with Crippen LogP contribution in [-0.2, 0) is 25.5 Å². The molecule has 1 amide bonds. The normalized spacial score (nSPS) is 22.8. The van der Waals surface area contributed by atoms with Crippen molar-refractivity contribution in [1.82, 2.24) is 9.80 Å². The maximum absolute atomic E-state index is 12.6. The largest absolute Gasteiger partial charge is 0.508 e. The monoisotopic (exact) mass is 488 g/mol. The summed E-state index contributed by atoms with van der Waals surface area (Å²) in [6, 6.07) is 6.91. The van der Waals surface area contributed by atoms with Crippen LogP contribution in [0.4, 0.5) is 13.2 Å². The molecule has 34 heavy (non-hydrogen) atoms. The zero-order chi connectivity index (χ0) is 24.8. The first kappa shape index (κ1) is 26.2. The van der Waals surface area contributed by atoms with Crippen molar-refractivity contribution in [2.45, 2.75) is 38.0 Å². The molecule has 3 heterocycles. The molecule has 2 N–H and O–H groups in total. The van der Waals surface area contributed by atoms with Crippen LogP contribution in [-0.4, -0.2) is 96.7 Å². The summed E-state index contributed by atoms with van der Waals surface area (Å²) in [4.78, 5) is 25.9. The highest BCUT2D eigenvalue weighted by Gasteiger charge is 2.43. The molecule has 1 atom stereocenters. The lowest BCUT2D eigenvalue weighted by Crippen LogP contribution is -2.44. The Morgan fingerprint density at radius 2 is 1.65 bits per heavy atom. The molecule has 1 aromatic carbocycles. The molecular formula is C23H31F3N2O6. The highest BCUT2D eigenvalue weighted by atomic mass is 19.4. The number of carboxylic acid groups (broad SMARTS) is 1. The Kier molecular flexibility index (Phi) is 8.78. The average Bonchev–Trinajstić information content (AvgIpc) is 3.18. The number of rotatable bonds is 4. The molecule has 1 aromatic rings. The van der Waals surface area contributed by atoms with E-state index in [9.17, 15) is 23.1 Å². The van der Waals surface area contributed by atoms with Crippen molar-refractivity contribution < 1.29 is 42.4 Å². The van der Waals surface area contributed by atoms with Crippen molar-refractivity contribution in [2.75, 3.05) is 52.5 Å². The fourth-order valence-electron chi connectivity index (χ4n) is 4.56. The van der Waals surface area contributed by atoms with E-state index >= 15 is 0 Å². The summed E-state index contributed by atoms with van der Waals surface area (Å²) in [5.74, 6) is -2.34. The molecule has 8 nitrogen and oxygen atoms in total. The van der Waals surface area contributed by atoms with Crippen LogP contribution in [0.15, 0.2) is 24.3 Å². The van der Waals surface area contributed by atoms with Gasteiger partial charge < -0.3 is 24.6 Å². The molecule has 0 saturated carbocycles. The Morgan fingerprint density at radius 1 is 1.06 bits per heavy atom. The average molecular weight is 489 g/mol. The molecule has 0 radical (unpaired) electrons. The number of nitrogens with zero attached hydrogens (tertiary/aromatic N) is 2. The fraction of sp³-hybridized carbons (Fsp3) is 0.652. The number of hydrogen-bond acceptors (Lipinski definition) is 6. The number of ether oxygens (including phenoxy) is 2. The first-order valence-electron chi connectivity index (χ1n) is 11.3. The molecule has 1 unspecified atom stereocenters. The van der Waals surface area contributed by atoms with Crippen molar-refractivity contribution >= 4 is 11.9 Å². The van der Waals surface area contributed by atoms with Crippen molar-refractivity contribution in [1.29, 1.82) is 0 Å². The smallest absolute Gasteiger partial charge is 0.490 e. The van der Waals surface area contributed by atoms with E-state index in [-0.39, 0.29) is 17.1 Å². The molecule has 11 heteroatoms. The molecular weight excluding hydrogens is 457 g/mol. The number of carbonyl (C=O) groups excluding carboxylic acids is 1. The van der Waals surface area contributed by atoms with Gasteiger partial charge in [-0.2, -0.15) is 13.2 Å². The lowest BCUT2D eigenvalue weighted by molar-refractivity contribution is -0.192. The summed E-state index contributed by atoms with van der Waals surface area (Å²) < 4.78 is 43.3. The number of benzene rings is 1. The van der Waals surface area contributed by atoms with Crippen LogP contribution in [0.3, 0.4) is 0 Å². The van der Waals surface area contributed by atoms with Gasteiger partial charge in [-0.1, -0.05) is 12.1 Å². The van der Waals surface area contributed by atoms with Gasteiger partial charge in [0.25, 0.3) is 0 Å². The predicted octanol–water partition coefficient (Wildman–Crippen LogP) is 2.30. The molecule has 0 aromatic heterocycles. The van der Waals surface area contributed by atoms with E-state index in [1.165, 1.54) is 0 Å². The number of aliphatic carboxylic acids is 1. The minimum Gasteiger partial charge on any atom is -0.508 e. The van der Waals surface area contributed by atoms with Crippen molar-refractivity contribution in [3.8, 4) is 5.75 Å². The second-order valence-electron chi connectivity index (χ2n) is 9.08. The number of hydrogen-bond donors (Lipinski definition) is 2. The minimum atomic E-state index is -5.08. The number of alkyl halides is 3. The first-order chi connectivity index (χ1) is 16.1. The van der Waals surface area contributed by atoms with Crippen molar-refractivity contribution in [3.05, 3.63) is 29.8 Å². The van der Waals surface area contributed by atoms with Gasteiger partial charge in [0.2, 0.25) is 5.91 Å². The fourth-order valence-corrected chi connectivity index (χ4v) is 4.56. The van der Waals surface area contributed by atoms with Crippen molar-refractivity contribution in [2.24, 2.45) is 5.41 Å². The van der Waals surface area contributed by atoms with Crippen LogP contribution in [0.25, 0.3) is 0 Å². The van der Waals surface area contributed by atoms with Gasteiger partial charge in [0.1, 0.15) is 5.75 Å². The molecule has 190 valence electrons. The summed E-state index contributed by atoms with van der Waals surface area (Å²) in [6.45, 7) is 7.16. The molecule has 3 saturated heterocycles. The number of carbonyl (C=O) groups is 2. The first-order valence-corrected chi connectivity index (χ1v) is 11.3. The Morgan fingerprint density at radius 3 is 2.21 bits per heavy atom. The quantitative estimate of drug-likeness (QED) is 0.671. The standard InChI is InChI=1S/C21H30N2O4.C2HF3O2/c24-18-3-1-17(2-4-18)13-20(25)23-7-5-21(6-8-23)14-19(27-16-21)15-22-9-11-26-12-10-22;3-2(4,5)1(6)7/h1-4,19,24H,5-16H2;(H,6,7). The molecule has 0 bridgehead atoms. The van der Waals surface area contributed by atoms with E-state index in [0.717, 1.165) is 77.4 Å². The summed E-state index contributed by atoms with van der Waals surface area (Å²) in [5.41, 5.74) is 1.21. The van der Waals surface area contributed by atoms with Crippen LogP contribution >= 0.6 is 0 Å². The molecule has 0 aliphatic carbocycles. The topological polar surface area (TPSA) is 99.5 Å². The Labute approximate surface area is 196 Å². The van der Waals surface area contributed by atoms with E-state index in [4.69, 9.17) is 19.4 Å². The van der Waals surface area contributed by atoms with Gasteiger partial charge in [-0.15, -0.1) is 0 Å². The van der Waals surface area contributed by atoms with Gasteiger partial charge in [-0.3, -0.25) is 9.69 Å². The predicted molar refractivity (Wildman–Crippen MR) is 115 cm³/mol. The number of halogens is 3. The summed E-state index contributed by atoms with van der Waals surface area (Å²) in [5, 5.41) is 16.5. The van der Waals surface area contributed by atoms with Gasteiger partial charge in [-0.25, -0.2) is 4.79 Å². The Hall–Kier alpha value is -2.37. The summed E-state index contributed by atoms with van der Waals surface area (Å²) >= 11 is 0. The Bertz CT molecular complexity index is 819. The molecule has 3 aliphatic heterocycles. The third kappa shape index (κ3) is 7.57. The van der Waals surface area contributed by atoms with Crippen LogP contribution < -0.4 is 0 Å². The number of phenols is 1. The van der Waals surface area contributed by atoms with Gasteiger partial charge in [0, 0.05) is 32.7 Å². The SMILES string of the molecule is O=C(Cc1ccc(O)cc1)N1CCC2(CC1)COC(CN1CCOCC1)C2.O=C(O)C(F)(F)F. The van der Waals surface area contributed by atoms with Crippen LogP contribution in [0.5, 0.6) is 5.75 Å². The van der Waals surface area contributed by atoms with Crippen LogP contribution in [0.1, 0.15) is 24.8 Å². The Balaban J connectivity index is 0.000000406.